The van der Waals surface area contributed by atoms with Gasteiger partial charge < -0.3 is 19.3 Å². The van der Waals surface area contributed by atoms with E-state index in [1.165, 1.54) is 30.1 Å². The Morgan fingerprint density at radius 2 is 1.96 bits per heavy atom. The van der Waals surface area contributed by atoms with E-state index in [9.17, 15) is 9.18 Å². The van der Waals surface area contributed by atoms with Gasteiger partial charge in [0.25, 0.3) is 5.91 Å². The van der Waals surface area contributed by atoms with Gasteiger partial charge in [0.15, 0.2) is 11.6 Å². The molecule has 246 valence electrons. The second-order valence-electron chi connectivity index (χ2n) is 13.3. The summed E-state index contributed by atoms with van der Waals surface area (Å²) < 4.78 is 29.0. The van der Waals surface area contributed by atoms with Crippen LogP contribution in [-0.4, -0.2) is 78.8 Å². The molecule has 11 nitrogen and oxygen atoms in total. The number of aryl methyl sites for hydroxylation is 1. The van der Waals surface area contributed by atoms with E-state index >= 15 is 0 Å². The maximum atomic E-state index is 14.3. The number of aromatic nitrogens is 5. The summed E-state index contributed by atoms with van der Waals surface area (Å²) in [6.07, 6.45) is 9.89. The number of hydrogen-bond donors (Lipinski definition) is 0. The van der Waals surface area contributed by atoms with Crippen LogP contribution >= 0.6 is 0 Å². The first-order valence-corrected chi connectivity index (χ1v) is 16.4. The van der Waals surface area contributed by atoms with Crippen LogP contribution < -0.4 is 14.4 Å². The largest absolute Gasteiger partial charge is 0.490 e. The number of pyridine rings is 1. The van der Waals surface area contributed by atoms with Crippen LogP contribution in [0.1, 0.15) is 60.9 Å². The summed E-state index contributed by atoms with van der Waals surface area (Å²) in [6, 6.07) is 8.05. The first-order valence-electron chi connectivity index (χ1n) is 16.4. The van der Waals surface area contributed by atoms with Gasteiger partial charge in [-0.3, -0.25) is 19.4 Å². The Bertz CT molecular complexity index is 1760. The molecule has 12 heteroatoms. The van der Waals surface area contributed by atoms with Crippen LogP contribution in [0.2, 0.25) is 0 Å². The van der Waals surface area contributed by atoms with Crippen LogP contribution in [0.3, 0.4) is 0 Å². The van der Waals surface area contributed by atoms with Crippen molar-refractivity contribution in [3.63, 3.8) is 0 Å². The van der Waals surface area contributed by atoms with Crippen LogP contribution in [0.15, 0.2) is 55.2 Å². The molecule has 1 aromatic carbocycles. The van der Waals surface area contributed by atoms with Crippen LogP contribution in [-0.2, 0) is 26.6 Å². The highest BCUT2D eigenvalue weighted by atomic mass is 19.1. The molecule has 0 atom stereocenters. The zero-order valence-electron chi connectivity index (χ0n) is 27.4. The molecular formula is C35H41FN8O3. The second-order valence-corrected chi connectivity index (χ2v) is 13.3. The normalized spacial score (nSPS) is 17.3. The van der Waals surface area contributed by atoms with Gasteiger partial charge in [-0.1, -0.05) is 0 Å². The van der Waals surface area contributed by atoms with Gasteiger partial charge in [-0.2, -0.15) is 5.10 Å². The van der Waals surface area contributed by atoms with E-state index in [1.807, 2.05) is 51.0 Å². The zero-order valence-corrected chi connectivity index (χ0v) is 27.4. The first-order chi connectivity index (χ1) is 22.7. The van der Waals surface area contributed by atoms with Crippen molar-refractivity contribution in [1.29, 1.82) is 0 Å². The van der Waals surface area contributed by atoms with Gasteiger partial charge in [-0.15, -0.1) is 0 Å². The number of fused-ring (bicyclic) bond motifs is 1. The molecule has 1 amide bonds. The molecule has 1 saturated carbocycles. The Kier molecular flexibility index (Phi) is 8.29. The Morgan fingerprint density at radius 3 is 2.70 bits per heavy atom. The summed E-state index contributed by atoms with van der Waals surface area (Å²) in [5.74, 6) is 1.53. The number of anilines is 1. The van der Waals surface area contributed by atoms with E-state index in [0.29, 0.717) is 18.1 Å². The molecule has 1 aliphatic carbocycles. The van der Waals surface area contributed by atoms with Crippen molar-refractivity contribution in [2.45, 2.75) is 65.3 Å². The van der Waals surface area contributed by atoms with Crippen LogP contribution in [0.5, 0.6) is 17.2 Å². The van der Waals surface area contributed by atoms with Crippen molar-refractivity contribution in [2.75, 3.05) is 31.1 Å². The van der Waals surface area contributed by atoms with Gasteiger partial charge in [0, 0.05) is 87.8 Å². The minimum Gasteiger partial charge on any atom is -0.490 e. The van der Waals surface area contributed by atoms with Gasteiger partial charge in [-0.05, 0) is 63.9 Å². The Balaban J connectivity index is 0.989. The first kappa shape index (κ1) is 31.0. The lowest BCUT2D eigenvalue weighted by Crippen LogP contribution is -2.65. The second kappa shape index (κ2) is 12.6. The summed E-state index contributed by atoms with van der Waals surface area (Å²) in [5.41, 5.74) is 3.70. The Hall–Kier alpha value is -4.58. The molecule has 2 aliphatic heterocycles. The van der Waals surface area contributed by atoms with E-state index in [4.69, 9.17) is 9.47 Å². The summed E-state index contributed by atoms with van der Waals surface area (Å²) in [4.78, 5) is 33.0. The SMILES string of the molecule is CCN(C(=O)c1cc(F)ccc1Oc1cncnc1N1CC2(CC(Oc3ccnc4c3CN(Cc3ccn(C)n3)CC4)C2)C1)C(C)C. The topological polar surface area (TPSA) is 102 Å². The third kappa shape index (κ3) is 6.26. The number of carbonyl (C=O) groups excluding carboxylic acids is 1. The van der Waals surface area contributed by atoms with Crippen molar-refractivity contribution in [1.82, 2.24) is 34.5 Å². The average molecular weight is 641 g/mol. The van der Waals surface area contributed by atoms with Crippen molar-refractivity contribution in [3.8, 4) is 17.2 Å². The molecule has 5 heterocycles. The minimum absolute atomic E-state index is 0.0392. The number of hydrogen-bond acceptors (Lipinski definition) is 9. The quantitative estimate of drug-likeness (QED) is 0.237. The van der Waals surface area contributed by atoms with Gasteiger partial charge in [-0.25, -0.2) is 14.4 Å². The van der Waals surface area contributed by atoms with Crippen molar-refractivity contribution >= 4 is 11.7 Å². The summed E-state index contributed by atoms with van der Waals surface area (Å²) in [5, 5.41) is 4.55. The van der Waals surface area contributed by atoms with Crippen molar-refractivity contribution < 1.29 is 18.7 Å². The van der Waals surface area contributed by atoms with E-state index < -0.39 is 5.82 Å². The molecule has 0 N–H and O–H groups in total. The average Bonchev–Trinajstić information content (AvgIpc) is 3.43. The molecule has 7 rings (SSSR count). The van der Waals surface area contributed by atoms with Gasteiger partial charge in [0.1, 0.15) is 29.7 Å². The Labute approximate surface area is 274 Å². The molecular weight excluding hydrogens is 599 g/mol. The number of benzene rings is 1. The summed E-state index contributed by atoms with van der Waals surface area (Å²) in [7, 11) is 1.94. The fourth-order valence-electron chi connectivity index (χ4n) is 7.22. The monoisotopic (exact) mass is 640 g/mol. The lowest BCUT2D eigenvalue weighted by molar-refractivity contribution is -0.0353. The van der Waals surface area contributed by atoms with E-state index in [0.717, 1.165) is 69.1 Å². The molecule has 0 bridgehead atoms. The summed E-state index contributed by atoms with van der Waals surface area (Å²) >= 11 is 0. The molecule has 1 spiro atoms. The van der Waals surface area contributed by atoms with Crippen LogP contribution in [0, 0.1) is 11.2 Å². The van der Waals surface area contributed by atoms with Gasteiger partial charge in [0.05, 0.1) is 17.5 Å². The third-order valence-electron chi connectivity index (χ3n) is 9.55. The highest BCUT2D eigenvalue weighted by Gasteiger charge is 2.54. The minimum atomic E-state index is -0.495. The standard InChI is InChI=1S/C35H41FN8O3/c1-5-44(23(2)3)34(45)27-14-24(36)6-7-30(27)47-32-17-37-22-39-33(32)43-20-35(21-43)15-26(16-35)46-31-8-11-38-29-10-13-42(19-28(29)31)18-25-9-12-41(4)40-25/h6-9,11-12,14,17,22-23,26H,5,10,13,15-16,18-21H2,1-4H3. The molecule has 0 radical (unpaired) electrons. The lowest BCUT2D eigenvalue weighted by atomic mass is 9.61. The van der Waals surface area contributed by atoms with E-state index in [2.05, 4.69) is 35.9 Å². The van der Waals surface area contributed by atoms with Gasteiger partial charge in [0.2, 0.25) is 0 Å². The number of carbonyl (C=O) groups is 1. The zero-order chi connectivity index (χ0) is 32.7. The number of rotatable bonds is 10. The molecule has 3 aliphatic rings. The molecule has 0 unspecified atom stereocenters. The number of nitrogens with zero attached hydrogens (tertiary/aromatic N) is 8. The predicted molar refractivity (Wildman–Crippen MR) is 174 cm³/mol. The highest BCUT2D eigenvalue weighted by Crippen LogP contribution is 2.52. The van der Waals surface area contributed by atoms with E-state index in [-0.39, 0.29) is 34.8 Å². The fraction of sp³-hybridized carbons (Fsp3) is 0.457. The van der Waals surface area contributed by atoms with Crippen molar-refractivity contribution in [2.24, 2.45) is 12.5 Å². The molecule has 2 fully saturated rings. The Morgan fingerprint density at radius 1 is 1.13 bits per heavy atom. The highest BCUT2D eigenvalue weighted by molar-refractivity contribution is 5.97. The van der Waals surface area contributed by atoms with Crippen LogP contribution in [0.4, 0.5) is 10.2 Å². The number of halogens is 1. The maximum Gasteiger partial charge on any atom is 0.257 e. The maximum absolute atomic E-state index is 14.3. The summed E-state index contributed by atoms with van der Waals surface area (Å²) in [6.45, 7) is 10.5. The molecule has 1 saturated heterocycles. The third-order valence-corrected chi connectivity index (χ3v) is 9.55. The smallest absolute Gasteiger partial charge is 0.257 e. The number of amides is 1. The predicted octanol–water partition coefficient (Wildman–Crippen LogP) is 5.01. The molecule has 3 aromatic heterocycles. The number of ether oxygens (including phenoxy) is 2. The van der Waals surface area contributed by atoms with E-state index in [1.54, 1.807) is 11.1 Å². The van der Waals surface area contributed by atoms with Crippen molar-refractivity contribution in [3.05, 3.63) is 83.6 Å². The fourth-order valence-corrected chi connectivity index (χ4v) is 7.22. The van der Waals surface area contributed by atoms with Crippen LogP contribution in [0.25, 0.3) is 0 Å². The van der Waals surface area contributed by atoms with Gasteiger partial charge >= 0.3 is 0 Å². The molecule has 4 aromatic rings. The lowest BCUT2D eigenvalue weighted by Gasteiger charge is -2.59. The molecule has 47 heavy (non-hydrogen) atoms.